The Labute approximate surface area is 208 Å². The third kappa shape index (κ3) is 8.68. The normalized spacial score (nSPS) is 15.8. The van der Waals surface area contributed by atoms with Gasteiger partial charge in [0.2, 0.25) is 0 Å². The molecule has 0 aliphatic rings. The minimum absolute atomic E-state index is 2.25. The number of alkyl halides is 21. The Hall–Kier alpha value is -1.16. The van der Waals surface area contributed by atoms with Crippen molar-refractivity contribution in [3.63, 3.8) is 0 Å². The van der Waals surface area contributed by atoms with Gasteiger partial charge in [-0.15, -0.1) is 0 Å². The quantitative estimate of drug-likeness (QED) is 0.153. The van der Waals surface area contributed by atoms with Gasteiger partial charge in [0.05, 0.1) is 19.8 Å². The molecule has 0 saturated heterocycles. The molecule has 0 unspecified atom stereocenters. The lowest BCUT2D eigenvalue weighted by atomic mass is 10.0. The first kappa shape index (κ1) is 38.8. The Morgan fingerprint density at radius 3 is 0.575 bits per heavy atom. The van der Waals surface area contributed by atoms with Gasteiger partial charge < -0.3 is 13.6 Å². The summed E-state index contributed by atoms with van der Waals surface area (Å²) in [5.41, 5.74) is -18.3. The molecule has 0 atom stereocenters. The number of hydrogen-bond donors (Lipinski definition) is 0. The molecule has 0 N–H and O–H groups in total. The lowest BCUT2D eigenvalue weighted by molar-refractivity contribution is -0.344. The second-order valence-corrected chi connectivity index (χ2v) is 8.59. The molecule has 0 amide bonds. The summed E-state index contributed by atoms with van der Waals surface area (Å²) >= 11 is 0. The molecule has 0 heterocycles. The highest BCUT2D eigenvalue weighted by atomic mass is 31.2. The van der Waals surface area contributed by atoms with Gasteiger partial charge in [-0.25, -0.2) is 13.2 Å². The smallest absolute Gasteiger partial charge is 0.312 e. The van der Waals surface area contributed by atoms with Crippen molar-refractivity contribution < 1.29 is 106 Å². The van der Waals surface area contributed by atoms with Gasteiger partial charge in [0.1, 0.15) is 0 Å². The van der Waals surface area contributed by atoms with Crippen LogP contribution in [0.15, 0.2) is 0 Å². The van der Waals surface area contributed by atoms with Crippen molar-refractivity contribution in [3.05, 3.63) is 0 Å². The summed E-state index contributed by atoms with van der Waals surface area (Å²) in [5.74, 6) is 0. The van der Waals surface area contributed by atoms with E-state index in [4.69, 9.17) is 0 Å². The first-order chi connectivity index (χ1) is 17.3. The van der Waals surface area contributed by atoms with E-state index in [2.05, 4.69) is 13.6 Å². The lowest BCUT2D eigenvalue weighted by Gasteiger charge is -2.31. The lowest BCUT2D eigenvalue weighted by Crippen LogP contribution is -2.54. The van der Waals surface area contributed by atoms with Gasteiger partial charge in [-0.2, -0.15) is 79.0 Å². The van der Waals surface area contributed by atoms with Crippen molar-refractivity contribution in [1.82, 2.24) is 0 Å². The Balaban J connectivity index is 5.84. The van der Waals surface area contributed by atoms with Gasteiger partial charge in [-0.3, -0.25) is 0 Å². The molecule has 0 aromatic carbocycles. The van der Waals surface area contributed by atoms with Crippen molar-refractivity contribution in [3.8, 4) is 0 Å². The van der Waals surface area contributed by atoms with Crippen molar-refractivity contribution in [2.75, 3.05) is 19.8 Å². The predicted molar refractivity (Wildman–Crippen MR) is 86.5 cm³/mol. The van der Waals surface area contributed by atoms with Crippen molar-refractivity contribution >= 4 is 8.60 Å². The zero-order valence-corrected chi connectivity index (χ0v) is 19.2. The Bertz CT molecular complexity index is 645. The maximum Gasteiger partial charge on any atom is 0.431 e. The molecule has 0 saturated carbocycles. The van der Waals surface area contributed by atoms with Gasteiger partial charge >= 0.3 is 62.7 Å². The summed E-state index contributed by atoms with van der Waals surface area (Å²) in [7, 11) is -4.14. The molecule has 0 bridgehead atoms. The molecule has 25 heteroatoms. The van der Waals surface area contributed by atoms with E-state index in [0.717, 1.165) is 0 Å². The molecule has 40 heavy (non-hydrogen) atoms. The van der Waals surface area contributed by atoms with E-state index in [0.29, 0.717) is 0 Å². The van der Waals surface area contributed by atoms with Crippen molar-refractivity contribution in [1.29, 1.82) is 0 Å². The summed E-state index contributed by atoms with van der Waals surface area (Å²) in [6, 6.07) is 0. The molecule has 0 radical (unpaired) electrons. The van der Waals surface area contributed by atoms with Gasteiger partial charge in [0, 0.05) is 19.3 Å². The Morgan fingerprint density at radius 1 is 0.300 bits per heavy atom. The summed E-state index contributed by atoms with van der Waals surface area (Å²) < 4.78 is 278. The fourth-order valence-electron chi connectivity index (χ4n) is 2.23. The molecule has 0 rings (SSSR count). The van der Waals surface area contributed by atoms with E-state index in [-0.39, 0.29) is 0 Å². The summed E-state index contributed by atoms with van der Waals surface area (Å²) in [6.07, 6.45) is -48.9. The summed E-state index contributed by atoms with van der Waals surface area (Å²) in [4.78, 5) is 0. The van der Waals surface area contributed by atoms with Crippen molar-refractivity contribution in [2.45, 2.75) is 73.3 Å². The maximum absolute atomic E-state index is 13.6. The average molecular weight is 670 g/mol. The van der Waals surface area contributed by atoms with E-state index < -0.39 is 102 Å². The number of halogens is 21. The predicted octanol–water partition coefficient (Wildman–Crippen LogP) is 8.93. The fourth-order valence-corrected chi connectivity index (χ4v) is 3.17. The fraction of sp³-hybridized carbons (Fsp3) is 1.00. The van der Waals surface area contributed by atoms with E-state index in [1.165, 1.54) is 0 Å². The van der Waals surface area contributed by atoms with E-state index >= 15 is 0 Å². The van der Waals surface area contributed by atoms with Crippen LogP contribution >= 0.6 is 8.60 Å². The third-order valence-corrected chi connectivity index (χ3v) is 5.81. The molecular formula is C15H12F21O3P. The minimum atomic E-state index is -6.74. The van der Waals surface area contributed by atoms with Crippen molar-refractivity contribution in [2.24, 2.45) is 0 Å². The SMILES string of the molecule is FC(F)(F)C(F)(CCOP(OCCC(F)(C(F)(F)F)C(F)(F)F)OCCC(F)(C(F)(F)F)C(F)(F)F)C(F)(F)F. The third-order valence-electron chi connectivity index (χ3n) is 4.63. The van der Waals surface area contributed by atoms with Gasteiger partial charge in [0.15, 0.2) is 0 Å². The van der Waals surface area contributed by atoms with Crippen LogP contribution in [0, 0.1) is 0 Å². The maximum atomic E-state index is 13.6. The second kappa shape index (κ2) is 12.2. The van der Waals surface area contributed by atoms with Crippen LogP contribution in [0.2, 0.25) is 0 Å². The number of rotatable bonds is 12. The molecule has 0 aliphatic heterocycles. The van der Waals surface area contributed by atoms with Crippen LogP contribution in [0.5, 0.6) is 0 Å². The Kier molecular flexibility index (Phi) is 11.9. The Morgan fingerprint density at radius 2 is 0.450 bits per heavy atom. The van der Waals surface area contributed by atoms with Crippen LogP contribution in [0.4, 0.5) is 92.2 Å². The standard InChI is InChI=1S/C15H12F21O3P/c16-7(10(19,20)21,11(22,23)24)1-4-37-40(38-5-2-8(17,12(25,26)27)13(28,29)30)39-6-3-9(18,14(31,32)33)15(34,35)36/h1-6H2. The van der Waals surface area contributed by atoms with E-state index in [1.54, 1.807) is 0 Å². The van der Waals surface area contributed by atoms with Crippen LogP contribution in [0.3, 0.4) is 0 Å². The van der Waals surface area contributed by atoms with Gasteiger partial charge in [-0.05, 0) is 0 Å². The zero-order chi connectivity index (χ0) is 32.4. The van der Waals surface area contributed by atoms with Crippen LogP contribution in [0.25, 0.3) is 0 Å². The largest absolute Gasteiger partial charge is 0.431 e. The molecule has 0 aliphatic carbocycles. The molecule has 0 spiro atoms. The monoisotopic (exact) mass is 670 g/mol. The molecule has 0 aromatic heterocycles. The molecule has 242 valence electrons. The summed E-state index contributed by atoms with van der Waals surface area (Å²) in [5, 5.41) is 0. The van der Waals surface area contributed by atoms with Gasteiger partial charge in [-0.1, -0.05) is 0 Å². The van der Waals surface area contributed by atoms with E-state index in [1.807, 2.05) is 0 Å². The van der Waals surface area contributed by atoms with Crippen LogP contribution < -0.4 is 0 Å². The number of hydrogen-bond acceptors (Lipinski definition) is 3. The first-order valence-electron chi connectivity index (χ1n) is 9.44. The second-order valence-electron chi connectivity index (χ2n) is 7.36. The summed E-state index contributed by atoms with van der Waals surface area (Å²) in [6.45, 7) is -6.75. The topological polar surface area (TPSA) is 27.7 Å². The molecular weight excluding hydrogens is 658 g/mol. The van der Waals surface area contributed by atoms with Gasteiger partial charge in [0.25, 0.3) is 0 Å². The molecule has 0 aromatic rings. The molecule has 0 fully saturated rings. The molecule has 3 nitrogen and oxygen atoms in total. The van der Waals surface area contributed by atoms with Crippen LogP contribution in [0.1, 0.15) is 19.3 Å². The minimum Gasteiger partial charge on any atom is -0.312 e. The zero-order valence-electron chi connectivity index (χ0n) is 18.4. The highest BCUT2D eigenvalue weighted by molar-refractivity contribution is 7.41. The van der Waals surface area contributed by atoms with Crippen LogP contribution in [-0.4, -0.2) is 73.9 Å². The highest BCUT2D eigenvalue weighted by Gasteiger charge is 2.74. The van der Waals surface area contributed by atoms with Crippen LogP contribution in [-0.2, 0) is 13.6 Å². The first-order valence-corrected chi connectivity index (χ1v) is 10.5. The highest BCUT2D eigenvalue weighted by Crippen LogP contribution is 2.53. The average Bonchev–Trinajstić information content (AvgIpc) is 2.67. The van der Waals surface area contributed by atoms with E-state index in [9.17, 15) is 92.2 Å².